The van der Waals surface area contributed by atoms with Crippen molar-refractivity contribution in [1.29, 1.82) is 0 Å². The molecule has 0 aromatic carbocycles. The fraction of sp³-hybridized carbons (Fsp3) is 0.100. The Morgan fingerprint density at radius 3 is 3.06 bits per heavy atom. The number of aromatic nitrogens is 3. The summed E-state index contributed by atoms with van der Waals surface area (Å²) in [5.74, 6) is 0.438. The fourth-order valence-electron chi connectivity index (χ4n) is 1.30. The van der Waals surface area contributed by atoms with E-state index in [-0.39, 0.29) is 5.56 Å². The predicted octanol–water partition coefficient (Wildman–Crippen LogP) is 0.873. The molecule has 0 fully saturated rings. The summed E-state index contributed by atoms with van der Waals surface area (Å²) in [7, 11) is 0. The van der Waals surface area contributed by atoms with E-state index in [9.17, 15) is 4.79 Å². The summed E-state index contributed by atoms with van der Waals surface area (Å²) in [6.45, 7) is 0.391. The second kappa shape index (κ2) is 4.60. The Balaban J connectivity index is 2.39. The number of nitrogen functional groups attached to an aromatic ring is 1. The Labute approximate surface area is 105 Å². The zero-order valence-corrected chi connectivity index (χ0v) is 10.5. The SMILES string of the molecule is Nc1ncccc1Cn1cncc(I)c1=O. The summed E-state index contributed by atoms with van der Waals surface area (Å²) in [5, 5.41) is 0. The van der Waals surface area contributed by atoms with Gasteiger partial charge in [-0.3, -0.25) is 9.36 Å². The summed E-state index contributed by atoms with van der Waals surface area (Å²) in [5.41, 5.74) is 6.45. The molecule has 0 bridgehead atoms. The minimum atomic E-state index is -0.0705. The van der Waals surface area contributed by atoms with Gasteiger partial charge in [0.2, 0.25) is 0 Å². The first kappa shape index (κ1) is 11.1. The molecule has 0 unspecified atom stereocenters. The van der Waals surface area contributed by atoms with E-state index in [1.165, 1.54) is 17.1 Å². The summed E-state index contributed by atoms with van der Waals surface area (Å²) in [6.07, 6.45) is 4.65. The van der Waals surface area contributed by atoms with E-state index in [4.69, 9.17) is 5.73 Å². The van der Waals surface area contributed by atoms with E-state index < -0.39 is 0 Å². The molecule has 82 valence electrons. The fourth-order valence-corrected chi connectivity index (χ4v) is 1.78. The zero-order chi connectivity index (χ0) is 11.5. The highest BCUT2D eigenvalue weighted by atomic mass is 127. The van der Waals surface area contributed by atoms with Crippen molar-refractivity contribution >= 4 is 28.4 Å². The van der Waals surface area contributed by atoms with Crippen LogP contribution in [0.1, 0.15) is 5.56 Å². The number of hydrogen-bond donors (Lipinski definition) is 1. The van der Waals surface area contributed by atoms with Crippen LogP contribution in [-0.2, 0) is 6.54 Å². The van der Waals surface area contributed by atoms with E-state index >= 15 is 0 Å². The van der Waals surface area contributed by atoms with E-state index in [0.717, 1.165) is 5.56 Å². The van der Waals surface area contributed by atoms with Crippen LogP contribution in [0.5, 0.6) is 0 Å². The number of nitrogens with zero attached hydrogens (tertiary/aromatic N) is 3. The smallest absolute Gasteiger partial charge is 0.267 e. The van der Waals surface area contributed by atoms with E-state index in [1.807, 2.05) is 28.7 Å². The lowest BCUT2D eigenvalue weighted by Crippen LogP contribution is -2.23. The Morgan fingerprint density at radius 1 is 1.50 bits per heavy atom. The quantitative estimate of drug-likeness (QED) is 0.831. The van der Waals surface area contributed by atoms with E-state index in [1.54, 1.807) is 12.3 Å². The van der Waals surface area contributed by atoms with Crippen molar-refractivity contribution < 1.29 is 0 Å². The molecule has 2 heterocycles. The molecule has 0 radical (unpaired) electrons. The highest BCUT2D eigenvalue weighted by molar-refractivity contribution is 14.1. The van der Waals surface area contributed by atoms with Crippen LogP contribution in [0.15, 0.2) is 35.6 Å². The second-order valence-corrected chi connectivity index (χ2v) is 4.38. The van der Waals surface area contributed by atoms with Crippen LogP contribution in [0.4, 0.5) is 5.82 Å². The topological polar surface area (TPSA) is 73.8 Å². The summed E-state index contributed by atoms with van der Waals surface area (Å²) in [6, 6.07) is 3.63. The van der Waals surface area contributed by atoms with Crippen molar-refractivity contribution in [2.75, 3.05) is 5.73 Å². The lowest BCUT2D eigenvalue weighted by Gasteiger charge is -2.06. The van der Waals surface area contributed by atoms with Crippen LogP contribution in [0, 0.1) is 3.57 Å². The second-order valence-electron chi connectivity index (χ2n) is 3.22. The minimum absolute atomic E-state index is 0.0705. The van der Waals surface area contributed by atoms with E-state index in [0.29, 0.717) is 15.9 Å². The van der Waals surface area contributed by atoms with Gasteiger partial charge in [-0.05, 0) is 28.7 Å². The van der Waals surface area contributed by atoms with Gasteiger partial charge in [0.25, 0.3) is 5.56 Å². The molecule has 6 heteroatoms. The average molecular weight is 328 g/mol. The van der Waals surface area contributed by atoms with Gasteiger partial charge in [-0.2, -0.15) is 0 Å². The number of hydrogen-bond acceptors (Lipinski definition) is 4. The van der Waals surface area contributed by atoms with Crippen molar-refractivity contribution in [1.82, 2.24) is 14.5 Å². The average Bonchev–Trinajstić information content (AvgIpc) is 2.28. The van der Waals surface area contributed by atoms with Gasteiger partial charge in [0.05, 0.1) is 16.4 Å². The molecule has 0 saturated heterocycles. The molecule has 2 N–H and O–H groups in total. The first-order chi connectivity index (χ1) is 7.68. The molecule has 16 heavy (non-hydrogen) atoms. The monoisotopic (exact) mass is 328 g/mol. The number of rotatable bonds is 2. The lowest BCUT2D eigenvalue weighted by atomic mass is 10.2. The molecule has 2 aromatic rings. The molecule has 0 saturated carbocycles. The summed E-state index contributed by atoms with van der Waals surface area (Å²) < 4.78 is 2.09. The van der Waals surface area contributed by atoms with Crippen LogP contribution in [-0.4, -0.2) is 14.5 Å². The standard InChI is InChI=1S/C10H9IN4O/c11-8-4-13-6-15(10(8)16)5-7-2-1-3-14-9(7)12/h1-4,6H,5H2,(H2,12,14). The maximum absolute atomic E-state index is 11.7. The maximum atomic E-state index is 11.7. The third kappa shape index (κ3) is 2.21. The maximum Gasteiger partial charge on any atom is 0.267 e. The first-order valence-corrected chi connectivity index (χ1v) is 5.65. The number of pyridine rings is 1. The van der Waals surface area contributed by atoms with Crippen LogP contribution in [0.2, 0.25) is 0 Å². The molecular formula is C10H9IN4O. The van der Waals surface area contributed by atoms with E-state index in [2.05, 4.69) is 9.97 Å². The Morgan fingerprint density at radius 2 is 2.31 bits per heavy atom. The van der Waals surface area contributed by atoms with Crippen molar-refractivity contribution in [2.24, 2.45) is 0 Å². The minimum Gasteiger partial charge on any atom is -0.383 e. The predicted molar refractivity (Wildman–Crippen MR) is 69.0 cm³/mol. The Kier molecular flexibility index (Phi) is 3.18. The van der Waals surface area contributed by atoms with Crippen LogP contribution in [0.25, 0.3) is 0 Å². The van der Waals surface area contributed by atoms with Crippen molar-refractivity contribution in [3.05, 3.63) is 50.3 Å². The van der Waals surface area contributed by atoms with Gasteiger partial charge < -0.3 is 5.73 Å². The summed E-state index contributed by atoms with van der Waals surface area (Å²) in [4.78, 5) is 19.7. The highest BCUT2D eigenvalue weighted by Crippen LogP contribution is 2.07. The molecule has 0 amide bonds. The van der Waals surface area contributed by atoms with Gasteiger partial charge in [0.1, 0.15) is 5.82 Å². The summed E-state index contributed by atoms with van der Waals surface area (Å²) >= 11 is 1.96. The molecule has 2 rings (SSSR count). The first-order valence-electron chi connectivity index (χ1n) is 4.58. The molecule has 5 nitrogen and oxygen atoms in total. The molecular weight excluding hydrogens is 319 g/mol. The normalized spacial score (nSPS) is 10.3. The lowest BCUT2D eigenvalue weighted by molar-refractivity contribution is 0.729. The van der Waals surface area contributed by atoms with Crippen LogP contribution in [0.3, 0.4) is 0 Å². The van der Waals surface area contributed by atoms with Crippen molar-refractivity contribution in [3.63, 3.8) is 0 Å². The van der Waals surface area contributed by atoms with Crippen LogP contribution >= 0.6 is 22.6 Å². The number of nitrogens with two attached hydrogens (primary N) is 1. The van der Waals surface area contributed by atoms with Crippen molar-refractivity contribution in [3.8, 4) is 0 Å². The number of anilines is 1. The highest BCUT2D eigenvalue weighted by Gasteiger charge is 2.04. The van der Waals surface area contributed by atoms with Gasteiger partial charge in [-0.1, -0.05) is 6.07 Å². The largest absolute Gasteiger partial charge is 0.383 e. The third-order valence-corrected chi connectivity index (χ3v) is 2.87. The van der Waals surface area contributed by atoms with Crippen LogP contribution < -0.4 is 11.3 Å². The molecule has 0 atom stereocenters. The Bertz CT molecular complexity index is 567. The number of halogens is 1. The van der Waals surface area contributed by atoms with Gasteiger partial charge in [0, 0.05) is 18.0 Å². The third-order valence-electron chi connectivity index (χ3n) is 2.13. The van der Waals surface area contributed by atoms with Gasteiger partial charge in [-0.25, -0.2) is 9.97 Å². The van der Waals surface area contributed by atoms with Gasteiger partial charge in [-0.15, -0.1) is 0 Å². The van der Waals surface area contributed by atoms with Crippen molar-refractivity contribution in [2.45, 2.75) is 6.54 Å². The molecule has 0 aliphatic carbocycles. The molecule has 0 aliphatic heterocycles. The molecule has 0 aliphatic rings. The van der Waals surface area contributed by atoms with Gasteiger partial charge in [0.15, 0.2) is 0 Å². The van der Waals surface area contributed by atoms with Gasteiger partial charge >= 0.3 is 0 Å². The molecule has 0 spiro atoms. The zero-order valence-electron chi connectivity index (χ0n) is 8.30. The Hall–Kier alpha value is -1.44. The molecule has 2 aromatic heterocycles.